The predicted molar refractivity (Wildman–Crippen MR) is 115 cm³/mol. The molecule has 168 valence electrons. The van der Waals surface area contributed by atoms with E-state index >= 15 is 0 Å². The lowest BCUT2D eigenvalue weighted by Gasteiger charge is -2.34. The van der Waals surface area contributed by atoms with E-state index in [4.69, 9.17) is 9.26 Å². The molecule has 0 radical (unpaired) electrons. The summed E-state index contributed by atoms with van der Waals surface area (Å²) in [6.45, 7) is 1.72. The van der Waals surface area contributed by atoms with Gasteiger partial charge in [-0.05, 0) is 36.6 Å². The van der Waals surface area contributed by atoms with Gasteiger partial charge in [0.2, 0.25) is 21.8 Å². The number of aryl methyl sites for hydroxylation is 1. The molecule has 2 aromatic rings. The first-order valence-corrected chi connectivity index (χ1v) is 11.5. The summed E-state index contributed by atoms with van der Waals surface area (Å²) < 4.78 is 36.6. The average molecular weight is 449 g/mol. The Morgan fingerprint density at radius 3 is 2.55 bits per heavy atom. The van der Waals surface area contributed by atoms with Crippen LogP contribution in [0.4, 0.5) is 0 Å². The summed E-state index contributed by atoms with van der Waals surface area (Å²) in [4.78, 5) is 17.1. The molecule has 9 nitrogen and oxygen atoms in total. The third kappa shape index (κ3) is 4.96. The van der Waals surface area contributed by atoms with Gasteiger partial charge in [-0.3, -0.25) is 4.79 Å². The van der Waals surface area contributed by atoms with E-state index in [-0.39, 0.29) is 16.6 Å². The SMILES string of the molecule is COc1ccc(/C=C/C(=O)NC2(c3noc(C)n3)CCCCC2)cc1S(=O)(=O)N(C)C. The van der Waals surface area contributed by atoms with Crippen LogP contribution in [-0.2, 0) is 20.4 Å². The third-order valence-electron chi connectivity index (χ3n) is 5.40. The lowest BCUT2D eigenvalue weighted by molar-refractivity contribution is -0.119. The molecular formula is C21H28N4O5S. The van der Waals surface area contributed by atoms with Crippen molar-refractivity contribution < 1.29 is 22.5 Å². The topological polar surface area (TPSA) is 115 Å². The van der Waals surface area contributed by atoms with Gasteiger partial charge >= 0.3 is 0 Å². The summed E-state index contributed by atoms with van der Waals surface area (Å²) in [5.74, 6) is 0.883. The molecule has 10 heteroatoms. The Kier molecular flexibility index (Phi) is 6.80. The zero-order chi connectivity index (χ0) is 22.6. The first kappa shape index (κ1) is 23.0. The maximum atomic E-state index is 12.7. The number of carbonyl (C=O) groups excluding carboxylic acids is 1. The maximum Gasteiger partial charge on any atom is 0.246 e. The molecule has 1 fully saturated rings. The molecule has 1 N–H and O–H groups in total. The highest BCUT2D eigenvalue weighted by Crippen LogP contribution is 2.35. The van der Waals surface area contributed by atoms with Gasteiger partial charge in [-0.2, -0.15) is 4.98 Å². The molecule has 0 bridgehead atoms. The number of benzene rings is 1. The molecule has 1 aromatic heterocycles. The van der Waals surface area contributed by atoms with Crippen molar-refractivity contribution in [1.29, 1.82) is 0 Å². The largest absolute Gasteiger partial charge is 0.495 e. The second-order valence-electron chi connectivity index (χ2n) is 7.80. The van der Waals surface area contributed by atoms with E-state index in [0.717, 1.165) is 36.4 Å². The first-order valence-electron chi connectivity index (χ1n) is 10.1. The molecular weight excluding hydrogens is 420 g/mol. The molecule has 1 aliphatic carbocycles. The van der Waals surface area contributed by atoms with E-state index in [0.29, 0.717) is 17.3 Å². The number of aromatic nitrogens is 2. The fourth-order valence-electron chi connectivity index (χ4n) is 3.70. The van der Waals surface area contributed by atoms with Crippen LogP contribution in [0.1, 0.15) is 49.4 Å². The molecule has 3 rings (SSSR count). The monoisotopic (exact) mass is 448 g/mol. The molecule has 1 saturated carbocycles. The van der Waals surface area contributed by atoms with Gasteiger partial charge in [0.1, 0.15) is 16.2 Å². The van der Waals surface area contributed by atoms with Gasteiger partial charge in [-0.25, -0.2) is 12.7 Å². The van der Waals surface area contributed by atoms with E-state index in [1.165, 1.54) is 33.3 Å². The highest BCUT2D eigenvalue weighted by atomic mass is 32.2. The van der Waals surface area contributed by atoms with Crippen LogP contribution in [-0.4, -0.2) is 50.0 Å². The molecule has 1 amide bonds. The van der Waals surface area contributed by atoms with Crippen molar-refractivity contribution in [3.8, 4) is 5.75 Å². The number of hydrogen-bond donors (Lipinski definition) is 1. The quantitative estimate of drug-likeness (QED) is 0.648. The van der Waals surface area contributed by atoms with Crippen molar-refractivity contribution in [3.05, 3.63) is 41.6 Å². The molecule has 0 unspecified atom stereocenters. The summed E-state index contributed by atoms with van der Waals surface area (Å²) in [6, 6.07) is 4.74. The maximum absolute atomic E-state index is 12.7. The fourth-order valence-corrected chi connectivity index (χ4v) is 4.78. The molecule has 1 aromatic carbocycles. The number of hydrogen-bond acceptors (Lipinski definition) is 7. The van der Waals surface area contributed by atoms with Crippen LogP contribution in [0, 0.1) is 6.92 Å². The van der Waals surface area contributed by atoms with E-state index in [9.17, 15) is 13.2 Å². The van der Waals surface area contributed by atoms with Gasteiger partial charge in [0.25, 0.3) is 0 Å². The second-order valence-corrected chi connectivity index (χ2v) is 9.92. The Labute approximate surface area is 182 Å². The highest BCUT2D eigenvalue weighted by molar-refractivity contribution is 7.89. The molecule has 1 aliphatic rings. The van der Waals surface area contributed by atoms with Crippen LogP contribution >= 0.6 is 0 Å². The lowest BCUT2D eigenvalue weighted by Crippen LogP contribution is -2.47. The zero-order valence-corrected chi connectivity index (χ0v) is 19.0. The van der Waals surface area contributed by atoms with Gasteiger partial charge in [0.05, 0.1) is 7.11 Å². The number of amides is 1. The van der Waals surface area contributed by atoms with Crippen molar-refractivity contribution in [2.24, 2.45) is 0 Å². The number of nitrogens with zero attached hydrogens (tertiary/aromatic N) is 3. The Morgan fingerprint density at radius 1 is 1.26 bits per heavy atom. The molecule has 0 aliphatic heterocycles. The van der Waals surface area contributed by atoms with Gasteiger partial charge in [-0.1, -0.05) is 30.5 Å². The number of ether oxygens (including phenoxy) is 1. The highest BCUT2D eigenvalue weighted by Gasteiger charge is 2.39. The number of methoxy groups -OCH3 is 1. The first-order chi connectivity index (χ1) is 14.7. The normalized spacial score (nSPS) is 16.5. The predicted octanol–water partition coefficient (Wildman–Crippen LogP) is 2.63. The summed E-state index contributed by atoms with van der Waals surface area (Å²) >= 11 is 0. The smallest absolute Gasteiger partial charge is 0.246 e. The second kappa shape index (κ2) is 9.19. The van der Waals surface area contributed by atoms with Crippen LogP contribution in [0.3, 0.4) is 0 Å². The minimum atomic E-state index is -3.70. The number of sulfonamides is 1. The van der Waals surface area contributed by atoms with Gasteiger partial charge in [0.15, 0.2) is 5.82 Å². The van der Waals surface area contributed by atoms with Crippen LogP contribution < -0.4 is 10.1 Å². The molecule has 0 spiro atoms. The van der Waals surface area contributed by atoms with Crippen molar-refractivity contribution in [3.63, 3.8) is 0 Å². The molecule has 0 saturated heterocycles. The van der Waals surface area contributed by atoms with Gasteiger partial charge < -0.3 is 14.6 Å². The number of rotatable bonds is 7. The molecule has 31 heavy (non-hydrogen) atoms. The zero-order valence-electron chi connectivity index (χ0n) is 18.2. The Morgan fingerprint density at radius 2 is 1.97 bits per heavy atom. The van der Waals surface area contributed by atoms with E-state index < -0.39 is 15.6 Å². The minimum absolute atomic E-state index is 0.0357. The van der Waals surface area contributed by atoms with Crippen LogP contribution in [0.15, 0.2) is 33.7 Å². The Hall–Kier alpha value is -2.72. The van der Waals surface area contributed by atoms with Crippen LogP contribution in [0.5, 0.6) is 5.75 Å². The van der Waals surface area contributed by atoms with Crippen molar-refractivity contribution in [1.82, 2.24) is 19.8 Å². The number of nitrogens with one attached hydrogen (secondary N) is 1. The van der Waals surface area contributed by atoms with E-state index in [2.05, 4.69) is 15.5 Å². The summed E-state index contributed by atoms with van der Waals surface area (Å²) in [5.41, 5.74) is -0.0963. The minimum Gasteiger partial charge on any atom is -0.495 e. The third-order valence-corrected chi connectivity index (χ3v) is 7.23. The lowest BCUT2D eigenvalue weighted by atomic mass is 9.81. The number of carbonyl (C=O) groups is 1. The fraction of sp³-hybridized carbons (Fsp3) is 0.476. The summed E-state index contributed by atoms with van der Waals surface area (Å²) in [6.07, 6.45) is 7.44. The van der Waals surface area contributed by atoms with Crippen LogP contribution in [0.2, 0.25) is 0 Å². The van der Waals surface area contributed by atoms with Crippen molar-refractivity contribution >= 4 is 22.0 Å². The summed E-state index contributed by atoms with van der Waals surface area (Å²) in [5, 5.41) is 7.10. The van der Waals surface area contributed by atoms with Gasteiger partial charge in [0, 0.05) is 27.1 Å². The standard InChI is InChI=1S/C21H28N4O5S/c1-15-22-20(24-30-15)21(12-6-5-7-13-21)23-19(26)11-9-16-8-10-17(29-4)18(14-16)31(27,28)25(2)3/h8-11,14H,5-7,12-13H2,1-4H3,(H,23,26)/b11-9+. The van der Waals surface area contributed by atoms with Crippen molar-refractivity contribution in [2.45, 2.75) is 49.5 Å². The van der Waals surface area contributed by atoms with Gasteiger partial charge in [-0.15, -0.1) is 0 Å². The average Bonchev–Trinajstić information content (AvgIpc) is 3.19. The van der Waals surface area contributed by atoms with E-state index in [1.807, 2.05) is 0 Å². The Bertz CT molecular complexity index is 1070. The summed E-state index contributed by atoms with van der Waals surface area (Å²) in [7, 11) is 0.618. The molecule has 1 heterocycles. The van der Waals surface area contributed by atoms with E-state index in [1.54, 1.807) is 25.1 Å². The van der Waals surface area contributed by atoms with Crippen molar-refractivity contribution in [2.75, 3.05) is 21.2 Å². The van der Waals surface area contributed by atoms with Crippen LogP contribution in [0.25, 0.3) is 6.08 Å². The molecule has 0 atom stereocenters. The Balaban J connectivity index is 1.83.